The fraction of sp³-hybridized carbons (Fsp3) is 0.250. The minimum Gasteiger partial charge on any atom is -0.352 e. The third-order valence-electron chi connectivity index (χ3n) is 4.87. The van der Waals surface area contributed by atoms with E-state index in [9.17, 15) is 14.0 Å². The molecule has 3 N–H and O–H groups in total. The molecule has 4 rings (SSSR count). The second-order valence-corrected chi connectivity index (χ2v) is 7.98. The number of nitrogens with zero attached hydrogens (tertiary/aromatic N) is 3. The van der Waals surface area contributed by atoms with Crippen LogP contribution in [-0.4, -0.2) is 33.3 Å². The molecule has 0 spiro atoms. The molecule has 0 saturated heterocycles. The highest BCUT2D eigenvalue weighted by Crippen LogP contribution is 2.30. The number of hydrogen-bond acceptors (Lipinski definition) is 5. The van der Waals surface area contributed by atoms with E-state index in [1.54, 1.807) is 11.3 Å². The fourth-order valence-corrected chi connectivity index (χ4v) is 4.28. The summed E-state index contributed by atoms with van der Waals surface area (Å²) in [5, 5.41) is 6.90. The van der Waals surface area contributed by atoms with E-state index in [0.29, 0.717) is 25.0 Å². The van der Waals surface area contributed by atoms with Gasteiger partial charge in [0.05, 0.1) is 19.4 Å². The summed E-state index contributed by atoms with van der Waals surface area (Å²) in [4.78, 5) is 26.5. The monoisotopic (exact) mass is 449 g/mol. The van der Waals surface area contributed by atoms with E-state index in [-0.39, 0.29) is 37.1 Å². The highest BCUT2D eigenvalue weighted by atomic mass is 35.5. The van der Waals surface area contributed by atoms with Crippen LogP contribution >= 0.6 is 23.7 Å². The van der Waals surface area contributed by atoms with Crippen LogP contribution in [-0.2, 0) is 19.5 Å². The zero-order chi connectivity index (χ0) is 20.4. The predicted molar refractivity (Wildman–Crippen MR) is 117 cm³/mol. The van der Waals surface area contributed by atoms with Crippen LogP contribution in [0.1, 0.15) is 20.8 Å². The Morgan fingerprint density at radius 1 is 1.30 bits per heavy atom. The van der Waals surface area contributed by atoms with Crippen molar-refractivity contribution in [1.82, 2.24) is 19.7 Å². The standard InChI is InChI=1S/C20H20FN5O2S.ClH/c21-8-13(9-22)10-26-20(28)25(12-24-26)11-16-3-4-18(29-16)15-2-1-14-5-6-23-19(27)17(14)7-15;/h1-4,7-8,12H,5-6,9-11,22H2,(H,23,27);1H/b13-8+;. The van der Waals surface area contributed by atoms with Crippen molar-refractivity contribution >= 4 is 29.7 Å². The Bertz CT molecular complexity index is 1150. The number of thiophene rings is 1. The van der Waals surface area contributed by atoms with Crippen molar-refractivity contribution in [2.75, 3.05) is 13.1 Å². The van der Waals surface area contributed by atoms with Gasteiger partial charge >= 0.3 is 5.69 Å². The molecule has 3 heterocycles. The summed E-state index contributed by atoms with van der Waals surface area (Å²) in [5.74, 6) is -0.0389. The van der Waals surface area contributed by atoms with Crippen molar-refractivity contribution in [1.29, 1.82) is 0 Å². The lowest BCUT2D eigenvalue weighted by Crippen LogP contribution is -2.31. The van der Waals surface area contributed by atoms with Crippen LogP contribution in [0.15, 0.2) is 53.4 Å². The highest BCUT2D eigenvalue weighted by molar-refractivity contribution is 7.15. The van der Waals surface area contributed by atoms with E-state index in [1.807, 2.05) is 30.3 Å². The number of carbonyl (C=O) groups excluding carboxylic acids is 1. The van der Waals surface area contributed by atoms with Crippen molar-refractivity contribution in [2.24, 2.45) is 5.73 Å². The molecule has 0 unspecified atom stereocenters. The van der Waals surface area contributed by atoms with Crippen molar-refractivity contribution in [3.63, 3.8) is 0 Å². The number of amides is 1. The Morgan fingerprint density at radius 2 is 2.13 bits per heavy atom. The number of hydrogen-bond donors (Lipinski definition) is 2. The molecule has 0 fully saturated rings. The van der Waals surface area contributed by atoms with Crippen LogP contribution in [0.4, 0.5) is 4.39 Å². The molecular formula is C20H21ClFN5O2S. The number of halogens is 2. The number of benzene rings is 1. The number of aromatic nitrogens is 3. The van der Waals surface area contributed by atoms with Gasteiger partial charge in [0.15, 0.2) is 0 Å². The van der Waals surface area contributed by atoms with Gasteiger partial charge in [0.2, 0.25) is 0 Å². The Balaban J connectivity index is 0.00000256. The van der Waals surface area contributed by atoms with Gasteiger partial charge in [-0.1, -0.05) is 12.1 Å². The molecule has 3 aromatic rings. The van der Waals surface area contributed by atoms with Crippen LogP contribution in [0.2, 0.25) is 0 Å². The minimum atomic E-state index is -0.321. The normalized spacial score (nSPS) is 13.5. The van der Waals surface area contributed by atoms with Gasteiger partial charge in [0.25, 0.3) is 5.91 Å². The van der Waals surface area contributed by atoms with Crippen LogP contribution < -0.4 is 16.7 Å². The van der Waals surface area contributed by atoms with E-state index >= 15 is 0 Å². The Morgan fingerprint density at radius 3 is 2.90 bits per heavy atom. The molecule has 30 heavy (non-hydrogen) atoms. The Labute approximate surface area is 182 Å². The number of nitrogens with one attached hydrogen (secondary N) is 1. The first-order valence-electron chi connectivity index (χ1n) is 9.19. The van der Waals surface area contributed by atoms with E-state index in [0.717, 1.165) is 32.9 Å². The number of rotatable bonds is 6. The smallest absolute Gasteiger partial charge is 0.346 e. The number of fused-ring (bicyclic) bond motifs is 1. The first-order valence-corrected chi connectivity index (χ1v) is 10.0. The summed E-state index contributed by atoms with van der Waals surface area (Å²) in [6, 6.07) is 9.88. The van der Waals surface area contributed by atoms with E-state index < -0.39 is 0 Å². The molecular weight excluding hydrogens is 429 g/mol. The topological polar surface area (TPSA) is 94.9 Å². The molecule has 0 atom stereocenters. The molecule has 1 amide bonds. The fourth-order valence-electron chi connectivity index (χ4n) is 3.28. The summed E-state index contributed by atoms with van der Waals surface area (Å²) >= 11 is 1.55. The quantitative estimate of drug-likeness (QED) is 0.603. The third kappa shape index (κ3) is 4.38. The lowest BCUT2D eigenvalue weighted by Gasteiger charge is -2.16. The summed E-state index contributed by atoms with van der Waals surface area (Å²) in [6.07, 6.45) is 2.70. The molecule has 0 saturated carbocycles. The zero-order valence-electron chi connectivity index (χ0n) is 16.0. The van der Waals surface area contributed by atoms with Gasteiger partial charge in [0.1, 0.15) is 6.33 Å². The van der Waals surface area contributed by atoms with E-state index in [2.05, 4.69) is 10.4 Å². The van der Waals surface area contributed by atoms with Gasteiger partial charge in [0, 0.05) is 28.4 Å². The van der Waals surface area contributed by atoms with Crippen molar-refractivity contribution < 1.29 is 9.18 Å². The second kappa shape index (κ2) is 9.38. The summed E-state index contributed by atoms with van der Waals surface area (Å²) in [5.41, 5.74) is 8.17. The molecule has 0 bridgehead atoms. The largest absolute Gasteiger partial charge is 0.352 e. The maximum atomic E-state index is 12.7. The first-order chi connectivity index (χ1) is 14.1. The molecule has 0 aliphatic carbocycles. The minimum absolute atomic E-state index is 0. The van der Waals surface area contributed by atoms with Crippen LogP contribution in [0.3, 0.4) is 0 Å². The predicted octanol–water partition coefficient (Wildman–Crippen LogP) is 2.34. The Hall–Kier alpha value is -2.75. The molecule has 158 valence electrons. The van der Waals surface area contributed by atoms with Crippen molar-refractivity contribution in [3.8, 4) is 10.4 Å². The molecule has 7 nitrogen and oxygen atoms in total. The molecule has 1 aliphatic heterocycles. The third-order valence-corrected chi connectivity index (χ3v) is 5.99. The molecule has 2 aromatic heterocycles. The SMILES string of the molecule is Cl.NC/C(=C\F)Cn1ncn(Cc2ccc(-c3ccc4c(c3)C(=O)NCC4)s2)c1=O. The first kappa shape index (κ1) is 21.9. The lowest BCUT2D eigenvalue weighted by molar-refractivity contribution is 0.0946. The van der Waals surface area contributed by atoms with Gasteiger partial charge in [-0.25, -0.2) is 13.9 Å². The van der Waals surface area contributed by atoms with Gasteiger partial charge in [-0.2, -0.15) is 5.10 Å². The maximum absolute atomic E-state index is 12.7. The number of carbonyl (C=O) groups is 1. The molecule has 1 aromatic carbocycles. The van der Waals surface area contributed by atoms with Crippen molar-refractivity contribution in [3.05, 3.63) is 75.1 Å². The van der Waals surface area contributed by atoms with Crippen molar-refractivity contribution in [2.45, 2.75) is 19.5 Å². The van der Waals surface area contributed by atoms with Gasteiger partial charge < -0.3 is 11.1 Å². The lowest BCUT2D eigenvalue weighted by atomic mass is 9.97. The van der Waals surface area contributed by atoms with Gasteiger partial charge in [-0.05, 0) is 41.3 Å². The average molecular weight is 450 g/mol. The summed E-state index contributed by atoms with van der Waals surface area (Å²) in [6.45, 7) is 1.10. The van der Waals surface area contributed by atoms with Gasteiger partial charge in [-0.15, -0.1) is 23.7 Å². The van der Waals surface area contributed by atoms with Crippen LogP contribution in [0.5, 0.6) is 0 Å². The van der Waals surface area contributed by atoms with Crippen LogP contribution in [0.25, 0.3) is 10.4 Å². The summed E-state index contributed by atoms with van der Waals surface area (Å²) in [7, 11) is 0. The van der Waals surface area contributed by atoms with E-state index in [1.165, 1.54) is 15.6 Å². The van der Waals surface area contributed by atoms with Crippen LogP contribution in [0, 0.1) is 0 Å². The maximum Gasteiger partial charge on any atom is 0.346 e. The molecule has 10 heteroatoms. The average Bonchev–Trinajstić information content (AvgIpc) is 3.34. The molecule has 1 aliphatic rings. The Kier molecular flexibility index (Phi) is 6.86. The number of nitrogens with two attached hydrogens (primary N) is 1. The summed E-state index contributed by atoms with van der Waals surface area (Å²) < 4.78 is 15.4. The second-order valence-electron chi connectivity index (χ2n) is 6.81. The molecule has 0 radical (unpaired) electrons. The highest BCUT2D eigenvalue weighted by Gasteiger charge is 2.17. The van der Waals surface area contributed by atoms with Gasteiger partial charge in [-0.3, -0.25) is 9.36 Å². The van der Waals surface area contributed by atoms with E-state index in [4.69, 9.17) is 5.73 Å². The zero-order valence-corrected chi connectivity index (χ0v) is 17.6.